The number of halogens is 1. The van der Waals surface area contributed by atoms with Crippen molar-refractivity contribution < 1.29 is 4.74 Å². The molecule has 0 saturated carbocycles. The molecule has 0 spiro atoms. The van der Waals surface area contributed by atoms with E-state index >= 15 is 0 Å². The van der Waals surface area contributed by atoms with Gasteiger partial charge in [-0.1, -0.05) is 11.6 Å². The summed E-state index contributed by atoms with van der Waals surface area (Å²) in [5.41, 5.74) is 0. The van der Waals surface area contributed by atoms with Crippen molar-refractivity contribution in [2.45, 2.75) is 0 Å². The summed E-state index contributed by atoms with van der Waals surface area (Å²) >= 11 is 5.89. The van der Waals surface area contributed by atoms with Crippen molar-refractivity contribution in [3.8, 4) is 5.75 Å². The number of methoxy groups -OCH3 is 1. The maximum Gasteiger partial charge on any atom is 0.199 e. The second-order valence-corrected chi connectivity index (χ2v) is 3.40. The Morgan fingerprint density at radius 2 is 2.27 bits per heavy atom. The van der Waals surface area contributed by atoms with E-state index in [1.807, 2.05) is 19.0 Å². The number of anilines is 1. The van der Waals surface area contributed by atoms with Crippen LogP contribution in [-0.2, 0) is 0 Å². The maximum absolute atomic E-state index is 5.89. The quantitative estimate of drug-likeness (QED) is 0.759. The van der Waals surface area contributed by atoms with Gasteiger partial charge in [0.1, 0.15) is 6.33 Å². The van der Waals surface area contributed by atoms with Gasteiger partial charge in [0.2, 0.25) is 0 Å². The second kappa shape index (κ2) is 5.72. The highest BCUT2D eigenvalue weighted by Crippen LogP contribution is 2.30. The number of aromatic nitrogens is 2. The number of nitrogens with zero attached hydrogens (tertiary/aromatic N) is 3. The van der Waals surface area contributed by atoms with Crippen LogP contribution in [0.3, 0.4) is 0 Å². The van der Waals surface area contributed by atoms with Gasteiger partial charge in [-0.15, -0.1) is 0 Å². The van der Waals surface area contributed by atoms with Crippen LogP contribution in [0.5, 0.6) is 5.75 Å². The third kappa shape index (κ3) is 2.94. The minimum atomic E-state index is 0.332. The summed E-state index contributed by atoms with van der Waals surface area (Å²) in [6.45, 7) is 1.68. The molecule has 0 aliphatic heterocycles. The minimum Gasteiger partial charge on any atom is -0.490 e. The summed E-state index contributed by atoms with van der Waals surface area (Å²) in [7, 11) is 5.39. The van der Waals surface area contributed by atoms with Crippen molar-refractivity contribution in [3.05, 3.63) is 11.5 Å². The second-order valence-electron chi connectivity index (χ2n) is 3.05. The smallest absolute Gasteiger partial charge is 0.199 e. The monoisotopic (exact) mass is 230 g/mol. The van der Waals surface area contributed by atoms with E-state index in [0.717, 1.165) is 13.1 Å². The summed E-state index contributed by atoms with van der Waals surface area (Å²) in [6, 6.07) is 0. The molecule has 0 bridgehead atoms. The predicted molar refractivity (Wildman–Crippen MR) is 60.8 cm³/mol. The normalized spacial score (nSPS) is 10.1. The summed E-state index contributed by atoms with van der Waals surface area (Å²) in [4.78, 5) is 9.96. The summed E-state index contributed by atoms with van der Waals surface area (Å²) in [6.07, 6.45) is 1.43. The van der Waals surface area contributed by atoms with Crippen LogP contribution in [0.25, 0.3) is 0 Å². The van der Waals surface area contributed by atoms with Crippen LogP contribution in [0.2, 0.25) is 5.15 Å². The van der Waals surface area contributed by atoms with Gasteiger partial charge < -0.3 is 15.0 Å². The molecule has 1 aromatic rings. The summed E-state index contributed by atoms with van der Waals surface area (Å²) in [5.74, 6) is 1.21. The molecule has 0 amide bonds. The molecule has 0 saturated heterocycles. The first-order valence-corrected chi connectivity index (χ1v) is 4.98. The molecule has 6 heteroatoms. The van der Waals surface area contributed by atoms with E-state index in [0.29, 0.717) is 16.7 Å². The Morgan fingerprint density at radius 1 is 1.53 bits per heavy atom. The lowest BCUT2D eigenvalue weighted by Gasteiger charge is -2.20. The van der Waals surface area contributed by atoms with Gasteiger partial charge in [0.15, 0.2) is 16.7 Å². The molecule has 0 radical (unpaired) electrons. The van der Waals surface area contributed by atoms with Gasteiger partial charge in [-0.3, -0.25) is 0 Å². The van der Waals surface area contributed by atoms with Crippen LogP contribution in [0.4, 0.5) is 5.82 Å². The Morgan fingerprint density at radius 3 is 2.87 bits per heavy atom. The van der Waals surface area contributed by atoms with Gasteiger partial charge in [-0.25, -0.2) is 9.97 Å². The van der Waals surface area contributed by atoms with Gasteiger partial charge in [0, 0.05) is 20.1 Å². The number of hydrogen-bond donors (Lipinski definition) is 1. The molecule has 5 nitrogen and oxygen atoms in total. The van der Waals surface area contributed by atoms with Crippen molar-refractivity contribution in [2.24, 2.45) is 0 Å². The van der Waals surface area contributed by atoms with E-state index in [1.54, 1.807) is 7.11 Å². The van der Waals surface area contributed by atoms with Gasteiger partial charge in [-0.2, -0.15) is 0 Å². The van der Waals surface area contributed by atoms with Gasteiger partial charge >= 0.3 is 0 Å². The highest BCUT2D eigenvalue weighted by Gasteiger charge is 2.13. The first-order chi connectivity index (χ1) is 7.20. The van der Waals surface area contributed by atoms with E-state index in [2.05, 4.69) is 15.3 Å². The zero-order chi connectivity index (χ0) is 11.3. The van der Waals surface area contributed by atoms with Crippen LogP contribution in [-0.4, -0.2) is 44.3 Å². The lowest BCUT2D eigenvalue weighted by molar-refractivity contribution is 0.411. The first-order valence-electron chi connectivity index (χ1n) is 4.61. The number of rotatable bonds is 5. The Labute approximate surface area is 94.4 Å². The van der Waals surface area contributed by atoms with Gasteiger partial charge in [-0.05, 0) is 7.05 Å². The summed E-state index contributed by atoms with van der Waals surface area (Å²) in [5, 5.41) is 3.39. The average molecular weight is 231 g/mol. The van der Waals surface area contributed by atoms with Crippen LogP contribution < -0.4 is 15.0 Å². The molecule has 0 aliphatic carbocycles. The Hall–Kier alpha value is -1.07. The van der Waals surface area contributed by atoms with Crippen LogP contribution in [0.1, 0.15) is 0 Å². The molecule has 0 aromatic carbocycles. The predicted octanol–water partition coefficient (Wildman–Crippen LogP) is 0.794. The largest absolute Gasteiger partial charge is 0.490 e. The molecule has 0 fully saturated rings. The number of ether oxygens (including phenoxy) is 1. The van der Waals surface area contributed by atoms with Gasteiger partial charge in [0.25, 0.3) is 0 Å². The maximum atomic E-state index is 5.89. The van der Waals surface area contributed by atoms with Crippen molar-refractivity contribution in [1.29, 1.82) is 0 Å². The summed E-state index contributed by atoms with van der Waals surface area (Å²) < 4.78 is 5.16. The van der Waals surface area contributed by atoms with Crippen LogP contribution >= 0.6 is 11.6 Å². The fourth-order valence-electron chi connectivity index (χ4n) is 1.18. The fourth-order valence-corrected chi connectivity index (χ4v) is 1.38. The molecule has 1 aromatic heterocycles. The molecule has 84 valence electrons. The third-order valence-corrected chi connectivity index (χ3v) is 2.27. The van der Waals surface area contributed by atoms with Crippen molar-refractivity contribution in [3.63, 3.8) is 0 Å². The zero-order valence-electron chi connectivity index (χ0n) is 9.12. The lowest BCUT2D eigenvalue weighted by Crippen LogP contribution is -2.28. The highest BCUT2D eigenvalue weighted by molar-refractivity contribution is 6.31. The molecule has 0 atom stereocenters. The van der Waals surface area contributed by atoms with Crippen molar-refractivity contribution in [1.82, 2.24) is 15.3 Å². The molecular weight excluding hydrogens is 216 g/mol. The van der Waals surface area contributed by atoms with E-state index in [1.165, 1.54) is 6.33 Å². The molecule has 0 aliphatic rings. The molecule has 15 heavy (non-hydrogen) atoms. The van der Waals surface area contributed by atoms with Crippen LogP contribution in [0.15, 0.2) is 6.33 Å². The van der Waals surface area contributed by atoms with Gasteiger partial charge in [0.05, 0.1) is 7.11 Å². The number of hydrogen-bond acceptors (Lipinski definition) is 5. The minimum absolute atomic E-state index is 0.332. The molecular formula is C9H15ClN4O. The zero-order valence-corrected chi connectivity index (χ0v) is 9.88. The van der Waals surface area contributed by atoms with Crippen molar-refractivity contribution in [2.75, 3.05) is 39.2 Å². The van der Waals surface area contributed by atoms with Crippen molar-refractivity contribution >= 4 is 17.4 Å². The number of likely N-dealkylation sites (N-methyl/N-ethyl adjacent to an activating group) is 2. The van der Waals surface area contributed by atoms with E-state index in [4.69, 9.17) is 16.3 Å². The highest BCUT2D eigenvalue weighted by atomic mass is 35.5. The van der Waals surface area contributed by atoms with E-state index in [9.17, 15) is 0 Å². The Bertz CT molecular complexity index is 321. The van der Waals surface area contributed by atoms with E-state index in [-0.39, 0.29) is 0 Å². The molecule has 1 N–H and O–H groups in total. The first kappa shape index (κ1) is 12.0. The third-order valence-electron chi connectivity index (χ3n) is 2.00. The van der Waals surface area contributed by atoms with Crippen LogP contribution in [0, 0.1) is 0 Å². The van der Waals surface area contributed by atoms with E-state index < -0.39 is 0 Å². The Balaban J connectivity index is 2.87. The Kier molecular flexibility index (Phi) is 4.58. The standard InChI is InChI=1S/C9H15ClN4O/c1-11-4-5-14(2)9-7(15-3)8(10)12-6-13-9/h6,11H,4-5H2,1-3H3. The molecule has 1 heterocycles. The lowest BCUT2D eigenvalue weighted by atomic mass is 10.4. The molecule has 0 unspecified atom stereocenters. The topological polar surface area (TPSA) is 50.3 Å². The average Bonchev–Trinajstić information content (AvgIpc) is 2.25. The SMILES string of the molecule is CNCCN(C)c1ncnc(Cl)c1OC. The fraction of sp³-hybridized carbons (Fsp3) is 0.556. The molecule has 1 rings (SSSR count). The number of nitrogens with one attached hydrogen (secondary N) is 1.